The van der Waals surface area contributed by atoms with Gasteiger partial charge in [0.15, 0.2) is 17.2 Å². The van der Waals surface area contributed by atoms with Crippen molar-refractivity contribution in [2.45, 2.75) is 59.2 Å². The van der Waals surface area contributed by atoms with E-state index in [2.05, 4.69) is 47.1 Å². The highest BCUT2D eigenvalue weighted by atomic mass is 19.3. The van der Waals surface area contributed by atoms with E-state index in [0.29, 0.717) is 51.0 Å². The Labute approximate surface area is 344 Å². The number of halogens is 2. The summed E-state index contributed by atoms with van der Waals surface area (Å²) in [5, 5.41) is 28.3. The Morgan fingerprint density at radius 3 is 1.47 bits per heavy atom. The lowest BCUT2D eigenvalue weighted by molar-refractivity contribution is -0.158. The molecule has 0 spiro atoms. The molecule has 0 aliphatic carbocycles. The molecule has 0 atom stereocenters. The fourth-order valence-electron chi connectivity index (χ4n) is 7.46. The van der Waals surface area contributed by atoms with Crippen molar-refractivity contribution in [3.63, 3.8) is 0 Å². The van der Waals surface area contributed by atoms with Crippen LogP contribution >= 0.6 is 0 Å². The van der Waals surface area contributed by atoms with E-state index in [1.807, 2.05) is 38.3 Å². The number of pyridine rings is 3. The SMILES string of the molecule is CC(F)(F)Oc1ccccc1N1CCn2cc(O)c(=O)cc2C1.Cc1cccc(N2CCn3cc(O)c(=O)cc3C2)c1.O=c1cc2n(cc1O)CCN(c1ccccc1)C2. The minimum atomic E-state index is -3.27. The van der Waals surface area contributed by atoms with Gasteiger partial charge in [0, 0.05) is 92.8 Å². The van der Waals surface area contributed by atoms with Gasteiger partial charge < -0.3 is 48.5 Å². The number of hydrogen-bond acceptors (Lipinski definition) is 10. The summed E-state index contributed by atoms with van der Waals surface area (Å²) in [5.41, 5.74) is 5.61. The summed E-state index contributed by atoms with van der Waals surface area (Å²) in [5.74, 6) is -0.550. The Balaban J connectivity index is 0.000000137. The number of fused-ring (bicyclic) bond motifs is 3. The van der Waals surface area contributed by atoms with Crippen LogP contribution in [0, 0.1) is 6.92 Å². The predicted molar refractivity (Wildman–Crippen MR) is 226 cm³/mol. The third-order valence-corrected chi connectivity index (χ3v) is 10.5. The molecule has 0 amide bonds. The highest BCUT2D eigenvalue weighted by molar-refractivity contribution is 5.59. The first kappa shape index (κ1) is 41.1. The number of hydrogen-bond donors (Lipinski definition) is 3. The van der Waals surface area contributed by atoms with Crippen LogP contribution in [-0.4, -0.2) is 54.8 Å². The van der Waals surface area contributed by atoms with E-state index in [1.54, 1.807) is 22.8 Å². The molecule has 6 aromatic rings. The molecule has 3 aromatic carbocycles. The minimum absolute atomic E-state index is 0.0922. The second-order valence-electron chi connectivity index (χ2n) is 14.9. The van der Waals surface area contributed by atoms with Crippen molar-refractivity contribution in [3.05, 3.63) is 169 Å². The summed E-state index contributed by atoms with van der Waals surface area (Å²) in [6.07, 6.45) is 1.19. The van der Waals surface area contributed by atoms with Gasteiger partial charge in [-0.2, -0.15) is 8.78 Å². The summed E-state index contributed by atoms with van der Waals surface area (Å²) in [6, 6.07) is 29.5. The van der Waals surface area contributed by atoms with Gasteiger partial charge in [0.05, 0.1) is 43.9 Å². The van der Waals surface area contributed by atoms with Crippen LogP contribution in [0.4, 0.5) is 25.8 Å². The Morgan fingerprint density at radius 1 is 0.533 bits per heavy atom. The van der Waals surface area contributed by atoms with Crippen LogP contribution in [0.2, 0.25) is 0 Å². The molecule has 15 heteroatoms. The maximum absolute atomic E-state index is 13.2. The molecule has 6 heterocycles. The summed E-state index contributed by atoms with van der Waals surface area (Å²) in [7, 11) is 0. The van der Waals surface area contributed by atoms with Crippen LogP contribution in [0.25, 0.3) is 0 Å². The number of para-hydroxylation sites is 3. The third kappa shape index (κ3) is 9.80. The van der Waals surface area contributed by atoms with Gasteiger partial charge in [-0.3, -0.25) is 14.4 Å². The topological polar surface area (TPSA) is 146 Å². The number of aromatic nitrogens is 3. The molecule has 0 fully saturated rings. The van der Waals surface area contributed by atoms with Crippen molar-refractivity contribution in [1.29, 1.82) is 0 Å². The summed E-state index contributed by atoms with van der Waals surface area (Å²) in [4.78, 5) is 40.9. The lowest BCUT2D eigenvalue weighted by Crippen LogP contribution is -2.35. The highest BCUT2D eigenvalue weighted by Gasteiger charge is 2.27. The molecular weight excluding hydrogens is 775 g/mol. The highest BCUT2D eigenvalue weighted by Crippen LogP contribution is 2.34. The monoisotopic (exact) mass is 820 g/mol. The number of anilines is 3. The van der Waals surface area contributed by atoms with Crippen molar-refractivity contribution >= 4 is 17.1 Å². The van der Waals surface area contributed by atoms with Gasteiger partial charge in [-0.05, 0) is 48.9 Å². The number of nitrogens with zero attached hydrogens (tertiary/aromatic N) is 6. The van der Waals surface area contributed by atoms with Crippen LogP contribution in [0.3, 0.4) is 0 Å². The molecule has 3 aliphatic heterocycles. The molecule has 312 valence electrons. The Kier molecular flexibility index (Phi) is 12.0. The number of ether oxygens (including phenoxy) is 1. The van der Waals surface area contributed by atoms with E-state index in [0.717, 1.165) is 43.3 Å². The molecular formula is C45H46F2N6O7. The Bertz CT molecular complexity index is 2660. The van der Waals surface area contributed by atoms with E-state index in [1.165, 1.54) is 54.1 Å². The largest absolute Gasteiger partial charge is 0.503 e. The number of rotatable bonds is 5. The van der Waals surface area contributed by atoms with Crippen LogP contribution in [0.15, 0.2) is 130 Å². The maximum Gasteiger partial charge on any atom is 0.394 e. The van der Waals surface area contributed by atoms with Crippen LogP contribution in [0.5, 0.6) is 23.0 Å². The molecule has 13 nitrogen and oxygen atoms in total. The average Bonchev–Trinajstić information content (AvgIpc) is 3.22. The number of aromatic hydroxyl groups is 3. The van der Waals surface area contributed by atoms with Gasteiger partial charge in [0.25, 0.3) is 0 Å². The fraction of sp³-hybridized carbons (Fsp3) is 0.267. The van der Waals surface area contributed by atoms with Gasteiger partial charge in [0.1, 0.15) is 5.75 Å². The zero-order chi connectivity index (χ0) is 42.6. The second-order valence-corrected chi connectivity index (χ2v) is 14.9. The summed E-state index contributed by atoms with van der Waals surface area (Å²) in [6.45, 7) is 8.89. The van der Waals surface area contributed by atoms with Crippen molar-refractivity contribution in [3.8, 4) is 23.0 Å². The van der Waals surface area contributed by atoms with E-state index in [-0.39, 0.29) is 33.9 Å². The number of alkyl halides is 2. The molecule has 60 heavy (non-hydrogen) atoms. The first-order chi connectivity index (χ1) is 28.7. The van der Waals surface area contributed by atoms with E-state index in [9.17, 15) is 38.5 Å². The fourth-order valence-corrected chi connectivity index (χ4v) is 7.46. The van der Waals surface area contributed by atoms with Gasteiger partial charge in [-0.25, -0.2) is 0 Å². The number of benzene rings is 3. The number of aryl methyl sites for hydroxylation is 1. The predicted octanol–water partition coefficient (Wildman–Crippen LogP) is 6.02. The van der Waals surface area contributed by atoms with Crippen LogP contribution < -0.4 is 35.7 Å². The molecule has 0 saturated heterocycles. The van der Waals surface area contributed by atoms with Gasteiger partial charge in [0.2, 0.25) is 16.3 Å². The van der Waals surface area contributed by atoms with Crippen LogP contribution in [0.1, 0.15) is 29.6 Å². The molecule has 9 rings (SSSR count). The Hall–Kier alpha value is -7.03. The van der Waals surface area contributed by atoms with Gasteiger partial charge in [-0.1, -0.05) is 42.5 Å². The zero-order valence-electron chi connectivity index (χ0n) is 33.2. The average molecular weight is 821 g/mol. The summed E-state index contributed by atoms with van der Waals surface area (Å²) < 4.78 is 36.8. The lowest BCUT2D eigenvalue weighted by atomic mass is 10.1. The molecule has 0 radical (unpaired) electrons. The quantitative estimate of drug-likeness (QED) is 0.189. The van der Waals surface area contributed by atoms with Crippen molar-refractivity contribution in [1.82, 2.24) is 13.7 Å². The maximum atomic E-state index is 13.2. The van der Waals surface area contributed by atoms with Crippen molar-refractivity contribution in [2.24, 2.45) is 0 Å². The second kappa shape index (κ2) is 17.4. The Morgan fingerprint density at radius 2 is 0.967 bits per heavy atom. The molecule has 3 N–H and O–H groups in total. The van der Waals surface area contributed by atoms with E-state index >= 15 is 0 Å². The minimum Gasteiger partial charge on any atom is -0.503 e. The molecule has 0 unspecified atom stereocenters. The van der Waals surface area contributed by atoms with Crippen LogP contribution in [-0.2, 0) is 39.3 Å². The van der Waals surface area contributed by atoms with E-state index in [4.69, 9.17) is 4.74 Å². The first-order valence-electron chi connectivity index (χ1n) is 19.5. The van der Waals surface area contributed by atoms with Gasteiger partial charge in [-0.15, -0.1) is 0 Å². The normalized spacial score (nSPS) is 14.4. The first-order valence-corrected chi connectivity index (χ1v) is 19.5. The summed E-state index contributed by atoms with van der Waals surface area (Å²) >= 11 is 0. The third-order valence-electron chi connectivity index (χ3n) is 10.5. The van der Waals surface area contributed by atoms with Gasteiger partial charge >= 0.3 is 6.11 Å². The zero-order valence-corrected chi connectivity index (χ0v) is 33.2. The molecule has 3 aliphatic rings. The smallest absolute Gasteiger partial charge is 0.394 e. The van der Waals surface area contributed by atoms with Crippen molar-refractivity contribution < 1.29 is 28.8 Å². The standard InChI is InChI=1S/C16H16F2N2O3.C15H16N2O2.C14H14N2O2/c1-16(17,18)23-15-5-3-2-4-12(15)20-7-6-19-10-14(22)13(21)8-11(19)9-20;1-11-3-2-4-12(7-11)16-5-6-17-10-15(19)14(18)8-13(17)9-16;17-13-8-12-9-15(11-4-2-1-3-5-11)6-7-16(12)10-14(13)18/h2-5,8,10,22H,6-7,9H2,1H3;2-4,7-8,10,19H,5-6,9H2,1H3;1-5,8,10,18H,6-7,9H2. The van der Waals surface area contributed by atoms with Crippen molar-refractivity contribution in [2.75, 3.05) is 34.3 Å². The molecule has 3 aromatic heterocycles. The lowest BCUT2D eigenvalue weighted by Gasteiger charge is -2.33. The molecule has 0 saturated carbocycles. The van der Waals surface area contributed by atoms with E-state index < -0.39 is 11.5 Å². The molecule has 0 bridgehead atoms.